The first kappa shape index (κ1) is 18.0. The molecule has 0 N–H and O–H groups in total. The van der Waals surface area contributed by atoms with Gasteiger partial charge in [0.2, 0.25) is 17.7 Å². The average Bonchev–Trinajstić information content (AvgIpc) is 2.57. The predicted molar refractivity (Wildman–Crippen MR) is 89.3 cm³/mol. The van der Waals surface area contributed by atoms with Crippen molar-refractivity contribution in [1.29, 1.82) is 0 Å². The van der Waals surface area contributed by atoms with Gasteiger partial charge < -0.3 is 19.3 Å². The van der Waals surface area contributed by atoms with E-state index in [1.54, 1.807) is 24.0 Å². The van der Waals surface area contributed by atoms with Crippen molar-refractivity contribution in [2.45, 2.75) is 26.8 Å². The predicted octanol–water partition coefficient (Wildman–Crippen LogP) is 1.43. The first-order valence-corrected chi connectivity index (χ1v) is 8.07. The highest BCUT2D eigenvalue weighted by atomic mass is 16.5. The Morgan fingerprint density at radius 2 is 2.00 bits per heavy atom. The van der Waals surface area contributed by atoms with Crippen LogP contribution in [-0.2, 0) is 4.79 Å². The maximum atomic E-state index is 12.9. The molecule has 7 nitrogen and oxygen atoms in total. The third-order valence-electron chi connectivity index (χ3n) is 4.06. The monoisotopic (exact) mass is 335 g/mol. The van der Waals surface area contributed by atoms with Gasteiger partial charge in [0, 0.05) is 25.7 Å². The number of rotatable bonds is 5. The summed E-state index contributed by atoms with van der Waals surface area (Å²) in [5, 5.41) is 0. The fourth-order valence-electron chi connectivity index (χ4n) is 2.84. The Morgan fingerprint density at radius 3 is 2.58 bits per heavy atom. The molecule has 0 aromatic carbocycles. The molecule has 1 fully saturated rings. The molecule has 0 aliphatic carbocycles. The Bertz CT molecular complexity index is 618. The smallest absolute Gasteiger partial charge is 0.260 e. The summed E-state index contributed by atoms with van der Waals surface area (Å²) in [6, 6.07) is 2.72. The lowest BCUT2D eigenvalue weighted by atomic mass is 10.1. The molecule has 0 radical (unpaired) electrons. The van der Waals surface area contributed by atoms with Crippen molar-refractivity contribution in [2.24, 2.45) is 5.92 Å². The van der Waals surface area contributed by atoms with Crippen LogP contribution in [0.1, 0.15) is 31.1 Å². The van der Waals surface area contributed by atoms with Gasteiger partial charge in [0.15, 0.2) is 0 Å². The Kier molecular flexibility index (Phi) is 5.64. The quantitative estimate of drug-likeness (QED) is 0.814. The maximum Gasteiger partial charge on any atom is 0.260 e. The molecule has 7 heteroatoms. The number of nitrogens with zero attached hydrogens (tertiary/aromatic N) is 3. The van der Waals surface area contributed by atoms with Gasteiger partial charge in [-0.15, -0.1) is 0 Å². The second kappa shape index (κ2) is 7.51. The zero-order chi connectivity index (χ0) is 17.9. The molecule has 1 aliphatic heterocycles. The molecule has 0 spiro atoms. The lowest BCUT2D eigenvalue weighted by Gasteiger charge is -2.39. The van der Waals surface area contributed by atoms with Crippen LogP contribution in [0.25, 0.3) is 0 Å². The van der Waals surface area contributed by atoms with Gasteiger partial charge in [-0.2, -0.15) is 4.98 Å². The topological polar surface area (TPSA) is 72.0 Å². The van der Waals surface area contributed by atoms with Crippen molar-refractivity contribution >= 4 is 11.8 Å². The average molecular weight is 335 g/mol. The number of amides is 2. The Balaban J connectivity index is 2.20. The second-order valence-corrected chi connectivity index (χ2v) is 6.26. The summed E-state index contributed by atoms with van der Waals surface area (Å²) in [5.74, 6) is 0.683. The number of hydrogen-bond acceptors (Lipinski definition) is 5. The summed E-state index contributed by atoms with van der Waals surface area (Å²) in [6.45, 7) is 7.65. The van der Waals surface area contributed by atoms with Crippen LogP contribution in [0.5, 0.6) is 11.8 Å². The van der Waals surface area contributed by atoms with Gasteiger partial charge in [0.05, 0.1) is 14.2 Å². The Labute approximate surface area is 142 Å². The zero-order valence-electron chi connectivity index (χ0n) is 14.9. The van der Waals surface area contributed by atoms with E-state index >= 15 is 0 Å². The van der Waals surface area contributed by atoms with Gasteiger partial charge in [-0.25, -0.2) is 0 Å². The summed E-state index contributed by atoms with van der Waals surface area (Å²) in [4.78, 5) is 32.9. The van der Waals surface area contributed by atoms with Crippen LogP contribution in [0.3, 0.4) is 0 Å². The maximum absolute atomic E-state index is 12.9. The first-order valence-electron chi connectivity index (χ1n) is 8.07. The van der Waals surface area contributed by atoms with E-state index in [2.05, 4.69) is 18.8 Å². The molecule has 0 bridgehead atoms. The third kappa shape index (κ3) is 3.60. The fourth-order valence-corrected chi connectivity index (χ4v) is 2.84. The number of methoxy groups -OCH3 is 2. The molecule has 1 atom stereocenters. The van der Waals surface area contributed by atoms with Gasteiger partial charge in [-0.1, -0.05) is 13.8 Å². The zero-order valence-corrected chi connectivity index (χ0v) is 14.9. The van der Waals surface area contributed by atoms with Crippen LogP contribution in [0.4, 0.5) is 0 Å². The molecular formula is C17H25N3O4. The standard InChI is InChI=1S/C17H25N3O4/c1-11(2)10-19-8-9-20(12(3)16(19)21)17(22)13-6-7-14(23-4)18-15(13)24-5/h6-7,11-12H,8-10H2,1-5H3. The van der Waals surface area contributed by atoms with Crippen molar-refractivity contribution in [3.63, 3.8) is 0 Å². The SMILES string of the molecule is COc1ccc(C(=O)N2CCN(CC(C)C)C(=O)C2C)c(OC)n1. The molecular weight excluding hydrogens is 310 g/mol. The molecule has 0 saturated carbocycles. The number of carbonyl (C=O) groups excluding carboxylic acids is 2. The molecule has 132 valence electrons. The number of carbonyl (C=O) groups is 2. The lowest BCUT2D eigenvalue weighted by Crippen LogP contribution is -2.58. The molecule has 2 rings (SSSR count). The highest BCUT2D eigenvalue weighted by Gasteiger charge is 2.35. The van der Waals surface area contributed by atoms with Gasteiger partial charge >= 0.3 is 0 Å². The molecule has 1 unspecified atom stereocenters. The van der Waals surface area contributed by atoms with E-state index in [-0.39, 0.29) is 17.7 Å². The molecule has 2 amide bonds. The van der Waals surface area contributed by atoms with E-state index in [1.807, 2.05) is 4.90 Å². The van der Waals surface area contributed by atoms with E-state index in [0.29, 0.717) is 37.0 Å². The fraction of sp³-hybridized carbons (Fsp3) is 0.588. The second-order valence-electron chi connectivity index (χ2n) is 6.26. The van der Waals surface area contributed by atoms with Crippen LogP contribution in [-0.4, -0.2) is 66.5 Å². The Hall–Kier alpha value is -2.31. The minimum absolute atomic E-state index is 0.0243. The van der Waals surface area contributed by atoms with Gasteiger partial charge in [-0.05, 0) is 18.9 Å². The molecule has 1 aromatic heterocycles. The lowest BCUT2D eigenvalue weighted by molar-refractivity contribution is -0.140. The first-order chi connectivity index (χ1) is 11.4. The molecule has 1 aliphatic rings. The van der Waals surface area contributed by atoms with Crippen molar-refractivity contribution in [1.82, 2.24) is 14.8 Å². The van der Waals surface area contributed by atoms with E-state index < -0.39 is 6.04 Å². The van der Waals surface area contributed by atoms with E-state index in [4.69, 9.17) is 9.47 Å². The van der Waals surface area contributed by atoms with E-state index in [9.17, 15) is 9.59 Å². The minimum Gasteiger partial charge on any atom is -0.481 e. The summed E-state index contributed by atoms with van der Waals surface area (Å²) in [7, 11) is 2.95. The number of aromatic nitrogens is 1. The number of hydrogen-bond donors (Lipinski definition) is 0. The molecule has 1 saturated heterocycles. The number of pyridine rings is 1. The van der Waals surface area contributed by atoms with E-state index in [1.165, 1.54) is 14.2 Å². The van der Waals surface area contributed by atoms with Crippen molar-refractivity contribution in [2.75, 3.05) is 33.9 Å². The van der Waals surface area contributed by atoms with Gasteiger partial charge in [0.1, 0.15) is 11.6 Å². The van der Waals surface area contributed by atoms with Crippen molar-refractivity contribution in [3.8, 4) is 11.8 Å². The summed E-state index contributed by atoms with van der Waals surface area (Å²) in [6.07, 6.45) is 0. The van der Waals surface area contributed by atoms with Gasteiger partial charge in [-0.3, -0.25) is 9.59 Å². The molecule has 2 heterocycles. The summed E-state index contributed by atoms with van der Waals surface area (Å²) >= 11 is 0. The molecule has 1 aromatic rings. The van der Waals surface area contributed by atoms with Crippen LogP contribution in [0.15, 0.2) is 12.1 Å². The third-order valence-corrected chi connectivity index (χ3v) is 4.06. The van der Waals surface area contributed by atoms with Crippen molar-refractivity contribution in [3.05, 3.63) is 17.7 Å². The minimum atomic E-state index is -0.503. The van der Waals surface area contributed by atoms with Crippen LogP contribution < -0.4 is 9.47 Å². The highest BCUT2D eigenvalue weighted by molar-refractivity contribution is 5.99. The largest absolute Gasteiger partial charge is 0.481 e. The summed E-state index contributed by atoms with van der Waals surface area (Å²) < 4.78 is 10.3. The van der Waals surface area contributed by atoms with Crippen molar-refractivity contribution < 1.29 is 19.1 Å². The van der Waals surface area contributed by atoms with E-state index in [0.717, 1.165) is 0 Å². The number of piperazine rings is 1. The molecule has 24 heavy (non-hydrogen) atoms. The van der Waals surface area contributed by atoms with Crippen LogP contribution >= 0.6 is 0 Å². The van der Waals surface area contributed by atoms with Gasteiger partial charge in [0.25, 0.3) is 5.91 Å². The van der Waals surface area contributed by atoms with Crippen LogP contribution in [0, 0.1) is 5.92 Å². The normalized spacial score (nSPS) is 18.1. The highest BCUT2D eigenvalue weighted by Crippen LogP contribution is 2.24. The summed E-state index contributed by atoms with van der Waals surface area (Å²) in [5.41, 5.74) is 0.329. The number of ether oxygens (including phenoxy) is 2. The van der Waals surface area contributed by atoms with Crippen LogP contribution in [0.2, 0.25) is 0 Å². The Morgan fingerprint density at radius 1 is 1.29 bits per heavy atom.